The van der Waals surface area contributed by atoms with E-state index in [0.717, 1.165) is 0 Å². The first kappa shape index (κ1) is 9.83. The third-order valence-electron chi connectivity index (χ3n) is 1.81. The fourth-order valence-electron chi connectivity index (χ4n) is 1.10. The van der Waals surface area contributed by atoms with Crippen molar-refractivity contribution in [3.8, 4) is 11.5 Å². The molecule has 0 heterocycles. The lowest BCUT2D eigenvalue weighted by Crippen LogP contribution is -2.06. The van der Waals surface area contributed by atoms with E-state index in [4.69, 9.17) is 14.9 Å². The maximum Gasteiger partial charge on any atom is 0.125 e. The van der Waals surface area contributed by atoms with E-state index < -0.39 is 6.10 Å². The van der Waals surface area contributed by atoms with Crippen LogP contribution in [-0.4, -0.2) is 29.0 Å². The lowest BCUT2D eigenvalue weighted by Gasteiger charge is -2.13. The highest BCUT2D eigenvalue weighted by atomic mass is 16.5. The van der Waals surface area contributed by atoms with Crippen LogP contribution >= 0.6 is 0 Å². The van der Waals surface area contributed by atoms with Crippen molar-refractivity contribution in [2.45, 2.75) is 6.10 Å². The molecule has 4 nitrogen and oxygen atoms in total. The Hall–Kier alpha value is -1.26. The first-order valence-corrected chi connectivity index (χ1v) is 3.84. The molecule has 0 fully saturated rings. The van der Waals surface area contributed by atoms with Gasteiger partial charge in [-0.3, -0.25) is 0 Å². The lowest BCUT2D eigenvalue weighted by atomic mass is 10.1. The summed E-state index contributed by atoms with van der Waals surface area (Å²) in [6, 6.07) is 4.14. The van der Waals surface area contributed by atoms with Gasteiger partial charge in [-0.25, -0.2) is 0 Å². The Labute approximate surface area is 76.0 Å². The zero-order valence-corrected chi connectivity index (χ0v) is 7.27. The van der Waals surface area contributed by atoms with Crippen LogP contribution in [0.5, 0.6) is 11.5 Å². The first-order chi connectivity index (χ1) is 6.19. The fourth-order valence-corrected chi connectivity index (χ4v) is 1.10. The highest BCUT2D eigenvalue weighted by Gasteiger charge is 2.13. The average Bonchev–Trinajstić information content (AvgIpc) is 2.10. The van der Waals surface area contributed by atoms with Gasteiger partial charge in [0, 0.05) is 18.7 Å². The molecule has 0 aliphatic rings. The summed E-state index contributed by atoms with van der Waals surface area (Å²) in [7, 11) is 1.44. The molecule has 0 aliphatic carbocycles. The van der Waals surface area contributed by atoms with Gasteiger partial charge in [-0.1, -0.05) is 0 Å². The zero-order valence-electron chi connectivity index (χ0n) is 7.27. The Morgan fingerprint density at radius 1 is 1.38 bits per heavy atom. The van der Waals surface area contributed by atoms with Gasteiger partial charge in [0.25, 0.3) is 0 Å². The standard InChI is InChI=1S/C9H12O4/c1-13-9(5-10)7-3-2-6(11)4-8(7)12/h2-4,9-12H,5H2,1H3. The van der Waals surface area contributed by atoms with Crippen LogP contribution in [0, 0.1) is 0 Å². The fraction of sp³-hybridized carbons (Fsp3) is 0.333. The molecule has 1 unspecified atom stereocenters. The molecule has 4 heteroatoms. The molecule has 0 bridgehead atoms. The van der Waals surface area contributed by atoms with Crippen molar-refractivity contribution in [2.24, 2.45) is 0 Å². The Bertz CT molecular complexity index is 281. The van der Waals surface area contributed by atoms with Gasteiger partial charge in [-0.05, 0) is 12.1 Å². The van der Waals surface area contributed by atoms with E-state index in [9.17, 15) is 5.11 Å². The van der Waals surface area contributed by atoms with Gasteiger partial charge in [0.05, 0.1) is 6.61 Å². The topological polar surface area (TPSA) is 69.9 Å². The third-order valence-corrected chi connectivity index (χ3v) is 1.81. The smallest absolute Gasteiger partial charge is 0.125 e. The van der Waals surface area contributed by atoms with Crippen molar-refractivity contribution in [1.29, 1.82) is 0 Å². The molecule has 0 saturated heterocycles. The molecule has 1 aromatic carbocycles. The van der Waals surface area contributed by atoms with Crippen molar-refractivity contribution in [3.05, 3.63) is 23.8 Å². The van der Waals surface area contributed by atoms with Gasteiger partial charge in [0.15, 0.2) is 0 Å². The Morgan fingerprint density at radius 2 is 2.08 bits per heavy atom. The molecule has 0 saturated carbocycles. The molecule has 1 aromatic rings. The second-order valence-electron chi connectivity index (χ2n) is 2.65. The van der Waals surface area contributed by atoms with E-state index in [1.165, 1.54) is 25.3 Å². The number of ether oxygens (including phenoxy) is 1. The summed E-state index contributed by atoms with van der Waals surface area (Å²) in [6.45, 7) is -0.213. The lowest BCUT2D eigenvalue weighted by molar-refractivity contribution is 0.0467. The molecule has 3 N–H and O–H groups in total. The SMILES string of the molecule is COC(CO)c1ccc(O)cc1O. The van der Waals surface area contributed by atoms with Crippen molar-refractivity contribution in [3.63, 3.8) is 0 Å². The van der Waals surface area contributed by atoms with Crippen LogP contribution in [0.2, 0.25) is 0 Å². The molecular formula is C9H12O4. The molecule has 72 valence electrons. The maximum atomic E-state index is 9.37. The molecule has 0 radical (unpaired) electrons. The molecular weight excluding hydrogens is 172 g/mol. The number of rotatable bonds is 3. The predicted molar refractivity (Wildman–Crippen MR) is 46.6 cm³/mol. The first-order valence-electron chi connectivity index (χ1n) is 3.84. The third kappa shape index (κ3) is 2.11. The quantitative estimate of drug-likeness (QED) is 0.649. The number of aliphatic hydroxyl groups is 1. The summed E-state index contributed by atoms with van der Waals surface area (Å²) in [4.78, 5) is 0. The summed E-state index contributed by atoms with van der Waals surface area (Å²) in [5.74, 6) is -0.102. The van der Waals surface area contributed by atoms with E-state index in [0.29, 0.717) is 5.56 Å². The number of aliphatic hydroxyl groups excluding tert-OH is 1. The summed E-state index contributed by atoms with van der Waals surface area (Å²) in [5.41, 5.74) is 0.461. The normalized spacial score (nSPS) is 12.8. The van der Waals surface area contributed by atoms with Crippen LogP contribution in [0.25, 0.3) is 0 Å². The largest absolute Gasteiger partial charge is 0.508 e. The monoisotopic (exact) mass is 184 g/mol. The summed E-state index contributed by atoms with van der Waals surface area (Å²) >= 11 is 0. The molecule has 0 aromatic heterocycles. The Morgan fingerprint density at radius 3 is 2.54 bits per heavy atom. The minimum absolute atomic E-state index is 0.0194. The van der Waals surface area contributed by atoms with Crippen molar-refractivity contribution in [1.82, 2.24) is 0 Å². The van der Waals surface area contributed by atoms with E-state index >= 15 is 0 Å². The molecule has 1 rings (SSSR count). The Balaban J connectivity index is 2.99. The number of hydrogen-bond donors (Lipinski definition) is 3. The van der Waals surface area contributed by atoms with Crippen LogP contribution in [0.15, 0.2) is 18.2 Å². The van der Waals surface area contributed by atoms with Gasteiger partial charge < -0.3 is 20.1 Å². The van der Waals surface area contributed by atoms with Gasteiger partial charge >= 0.3 is 0 Å². The number of aromatic hydroxyl groups is 2. The van der Waals surface area contributed by atoms with E-state index in [1.54, 1.807) is 0 Å². The van der Waals surface area contributed by atoms with E-state index in [1.807, 2.05) is 0 Å². The van der Waals surface area contributed by atoms with E-state index in [-0.39, 0.29) is 18.1 Å². The van der Waals surface area contributed by atoms with Gasteiger partial charge in [0.2, 0.25) is 0 Å². The average molecular weight is 184 g/mol. The highest BCUT2D eigenvalue weighted by molar-refractivity contribution is 5.40. The minimum Gasteiger partial charge on any atom is -0.508 e. The predicted octanol–water partition coefficient (Wildman–Crippen LogP) is 0.778. The van der Waals surface area contributed by atoms with Crippen molar-refractivity contribution >= 4 is 0 Å². The van der Waals surface area contributed by atoms with Crippen LogP contribution < -0.4 is 0 Å². The second kappa shape index (κ2) is 4.11. The van der Waals surface area contributed by atoms with Crippen molar-refractivity contribution < 1.29 is 20.1 Å². The molecule has 0 amide bonds. The summed E-state index contributed by atoms with van der Waals surface area (Å²) in [6.07, 6.45) is -0.555. The number of benzene rings is 1. The zero-order chi connectivity index (χ0) is 9.84. The van der Waals surface area contributed by atoms with Crippen LogP contribution in [0.1, 0.15) is 11.7 Å². The number of phenolic OH excluding ortho intramolecular Hbond substituents is 2. The Kier molecular flexibility index (Phi) is 3.11. The molecule has 13 heavy (non-hydrogen) atoms. The number of methoxy groups -OCH3 is 1. The second-order valence-corrected chi connectivity index (χ2v) is 2.65. The maximum absolute atomic E-state index is 9.37. The minimum atomic E-state index is -0.555. The van der Waals surface area contributed by atoms with Crippen LogP contribution in [-0.2, 0) is 4.74 Å². The number of phenols is 2. The highest BCUT2D eigenvalue weighted by Crippen LogP contribution is 2.29. The summed E-state index contributed by atoms with van der Waals surface area (Å²) < 4.78 is 4.91. The van der Waals surface area contributed by atoms with Gasteiger partial charge in [-0.15, -0.1) is 0 Å². The van der Waals surface area contributed by atoms with E-state index in [2.05, 4.69) is 0 Å². The molecule has 0 aliphatic heterocycles. The van der Waals surface area contributed by atoms with Gasteiger partial charge in [-0.2, -0.15) is 0 Å². The van der Waals surface area contributed by atoms with Crippen LogP contribution in [0.4, 0.5) is 0 Å². The van der Waals surface area contributed by atoms with Gasteiger partial charge in [0.1, 0.15) is 17.6 Å². The van der Waals surface area contributed by atoms with Crippen molar-refractivity contribution in [2.75, 3.05) is 13.7 Å². The molecule has 0 spiro atoms. The summed E-state index contributed by atoms with van der Waals surface area (Å²) in [5, 5.41) is 27.2. The van der Waals surface area contributed by atoms with Crippen LogP contribution in [0.3, 0.4) is 0 Å². The molecule has 1 atom stereocenters. The number of hydrogen-bond acceptors (Lipinski definition) is 4.